The zero-order chi connectivity index (χ0) is 15.6. The number of hydrogen-bond acceptors (Lipinski definition) is 3. The summed E-state index contributed by atoms with van der Waals surface area (Å²) in [6.07, 6.45) is 4.29. The van der Waals surface area contributed by atoms with E-state index in [0.29, 0.717) is 17.8 Å². The van der Waals surface area contributed by atoms with Crippen molar-refractivity contribution < 1.29 is 9.13 Å². The van der Waals surface area contributed by atoms with Gasteiger partial charge in [0.15, 0.2) is 0 Å². The third kappa shape index (κ3) is 2.68. The first kappa shape index (κ1) is 14.2. The van der Waals surface area contributed by atoms with E-state index in [1.54, 1.807) is 12.1 Å². The van der Waals surface area contributed by atoms with Gasteiger partial charge in [-0.3, -0.25) is 4.40 Å². The second-order valence-corrected chi connectivity index (χ2v) is 5.73. The third-order valence-electron chi connectivity index (χ3n) is 4.18. The van der Waals surface area contributed by atoms with Crippen LogP contribution >= 0.6 is 0 Å². The maximum absolute atomic E-state index is 14.2. The maximum atomic E-state index is 14.2. The fourth-order valence-electron chi connectivity index (χ4n) is 3.02. The molecular formula is C18H18FN3O. The molecule has 0 amide bonds. The average Bonchev–Trinajstić information content (AvgIpc) is 3.21. The summed E-state index contributed by atoms with van der Waals surface area (Å²) in [5.74, 6) is 0.539. The van der Waals surface area contributed by atoms with Crippen molar-refractivity contribution in [3.63, 3.8) is 0 Å². The van der Waals surface area contributed by atoms with Crippen LogP contribution in [0.4, 0.5) is 10.2 Å². The number of hydrogen-bond donors (Lipinski definition) is 1. The Bertz CT molecular complexity index is 824. The number of ether oxygens (including phenoxy) is 1. The molecule has 23 heavy (non-hydrogen) atoms. The van der Waals surface area contributed by atoms with Gasteiger partial charge in [0.05, 0.1) is 6.10 Å². The summed E-state index contributed by atoms with van der Waals surface area (Å²) in [5.41, 5.74) is 1.93. The van der Waals surface area contributed by atoms with Gasteiger partial charge in [-0.25, -0.2) is 9.37 Å². The van der Waals surface area contributed by atoms with Gasteiger partial charge in [-0.15, -0.1) is 0 Å². The highest BCUT2D eigenvalue weighted by molar-refractivity contribution is 5.76. The Morgan fingerprint density at radius 1 is 1.22 bits per heavy atom. The number of imidazole rings is 1. The molecule has 1 aliphatic rings. The lowest BCUT2D eigenvalue weighted by Gasteiger charge is -2.13. The summed E-state index contributed by atoms with van der Waals surface area (Å²) in [4.78, 5) is 4.61. The Labute approximate surface area is 133 Å². The van der Waals surface area contributed by atoms with Crippen molar-refractivity contribution in [3.05, 3.63) is 54.5 Å². The molecule has 1 fully saturated rings. The molecule has 1 aliphatic heterocycles. The molecule has 1 N–H and O–H groups in total. The maximum Gasteiger partial charge on any atom is 0.139 e. The van der Waals surface area contributed by atoms with E-state index in [2.05, 4.69) is 10.3 Å². The topological polar surface area (TPSA) is 38.6 Å². The monoisotopic (exact) mass is 311 g/mol. The number of rotatable bonds is 4. The highest BCUT2D eigenvalue weighted by atomic mass is 19.1. The zero-order valence-electron chi connectivity index (χ0n) is 12.7. The van der Waals surface area contributed by atoms with Gasteiger partial charge >= 0.3 is 0 Å². The van der Waals surface area contributed by atoms with Gasteiger partial charge in [0, 0.05) is 24.9 Å². The molecule has 4 nitrogen and oxygen atoms in total. The quantitative estimate of drug-likeness (QED) is 0.798. The first-order valence-corrected chi connectivity index (χ1v) is 7.90. The van der Waals surface area contributed by atoms with Crippen LogP contribution in [-0.4, -0.2) is 28.6 Å². The number of benzene rings is 1. The molecule has 0 aliphatic carbocycles. The Morgan fingerprint density at radius 3 is 2.91 bits per heavy atom. The van der Waals surface area contributed by atoms with Gasteiger partial charge in [0.1, 0.15) is 23.0 Å². The lowest BCUT2D eigenvalue weighted by molar-refractivity contribution is 0.120. The summed E-state index contributed by atoms with van der Waals surface area (Å²) in [6.45, 7) is 1.52. The van der Waals surface area contributed by atoms with Gasteiger partial charge < -0.3 is 10.1 Å². The van der Waals surface area contributed by atoms with Crippen LogP contribution in [0.2, 0.25) is 0 Å². The van der Waals surface area contributed by atoms with Gasteiger partial charge in [0.2, 0.25) is 0 Å². The van der Waals surface area contributed by atoms with Crippen LogP contribution in [0.3, 0.4) is 0 Å². The van der Waals surface area contributed by atoms with E-state index in [4.69, 9.17) is 4.74 Å². The fourth-order valence-corrected chi connectivity index (χ4v) is 3.02. The first-order chi connectivity index (χ1) is 11.3. The number of nitrogens with zero attached hydrogens (tertiary/aromatic N) is 2. The summed E-state index contributed by atoms with van der Waals surface area (Å²) >= 11 is 0. The van der Waals surface area contributed by atoms with Crippen LogP contribution in [0.5, 0.6) is 0 Å². The van der Waals surface area contributed by atoms with Crippen LogP contribution < -0.4 is 5.32 Å². The van der Waals surface area contributed by atoms with E-state index >= 15 is 0 Å². The molecule has 5 heteroatoms. The van der Waals surface area contributed by atoms with Crippen molar-refractivity contribution in [1.82, 2.24) is 9.38 Å². The van der Waals surface area contributed by atoms with Crippen LogP contribution in [0, 0.1) is 5.82 Å². The number of halogens is 1. The van der Waals surface area contributed by atoms with E-state index < -0.39 is 0 Å². The van der Waals surface area contributed by atoms with Crippen molar-refractivity contribution in [3.8, 4) is 11.3 Å². The predicted octanol–water partition coefficient (Wildman–Crippen LogP) is 3.73. The van der Waals surface area contributed by atoms with E-state index in [1.165, 1.54) is 6.07 Å². The lowest BCUT2D eigenvalue weighted by atomic mass is 10.1. The molecule has 3 aromatic rings. The average molecular weight is 311 g/mol. The highest BCUT2D eigenvalue weighted by Gasteiger charge is 2.20. The number of nitrogens with one attached hydrogen (secondary N) is 1. The molecule has 3 heterocycles. The van der Waals surface area contributed by atoms with E-state index in [-0.39, 0.29) is 11.9 Å². The molecule has 1 saturated heterocycles. The van der Waals surface area contributed by atoms with Crippen molar-refractivity contribution in [1.29, 1.82) is 0 Å². The molecule has 0 bridgehead atoms. The molecule has 0 spiro atoms. The smallest absolute Gasteiger partial charge is 0.139 e. The van der Waals surface area contributed by atoms with Crippen LogP contribution in [-0.2, 0) is 4.74 Å². The minimum atomic E-state index is -0.268. The number of pyridine rings is 1. The Hall–Kier alpha value is -2.40. The summed E-state index contributed by atoms with van der Waals surface area (Å²) in [7, 11) is 0. The van der Waals surface area contributed by atoms with E-state index in [0.717, 1.165) is 30.9 Å². The van der Waals surface area contributed by atoms with Crippen molar-refractivity contribution in [2.24, 2.45) is 0 Å². The van der Waals surface area contributed by atoms with Gasteiger partial charge in [0.25, 0.3) is 0 Å². The minimum Gasteiger partial charge on any atom is -0.376 e. The normalized spacial score (nSPS) is 17.7. The Kier molecular flexibility index (Phi) is 3.71. The number of anilines is 1. The molecule has 0 radical (unpaired) electrons. The lowest BCUT2D eigenvalue weighted by Crippen LogP contribution is -2.19. The predicted molar refractivity (Wildman–Crippen MR) is 88.0 cm³/mol. The second-order valence-electron chi connectivity index (χ2n) is 5.73. The molecule has 1 aromatic carbocycles. The molecule has 0 unspecified atom stereocenters. The molecule has 118 valence electrons. The fraction of sp³-hybridized carbons (Fsp3) is 0.278. The largest absolute Gasteiger partial charge is 0.376 e. The van der Waals surface area contributed by atoms with E-state index in [1.807, 2.05) is 34.9 Å². The second kappa shape index (κ2) is 6.01. The standard InChI is InChI=1S/C18H18FN3O/c19-15-8-2-1-7-14(15)17-18(20-12-13-6-5-11-23-13)22-10-4-3-9-16(22)21-17/h1-4,7-10,13,20H,5-6,11-12H2/t13-/m0/s1. The van der Waals surface area contributed by atoms with Crippen LogP contribution in [0.15, 0.2) is 48.7 Å². The van der Waals surface area contributed by atoms with Crippen LogP contribution in [0.25, 0.3) is 16.9 Å². The summed E-state index contributed by atoms with van der Waals surface area (Å²) < 4.78 is 21.8. The summed E-state index contributed by atoms with van der Waals surface area (Å²) in [6, 6.07) is 12.5. The van der Waals surface area contributed by atoms with Gasteiger partial charge in [-0.1, -0.05) is 18.2 Å². The Balaban J connectivity index is 1.76. The highest BCUT2D eigenvalue weighted by Crippen LogP contribution is 2.30. The first-order valence-electron chi connectivity index (χ1n) is 7.90. The molecule has 2 aromatic heterocycles. The van der Waals surface area contributed by atoms with Crippen LogP contribution in [0.1, 0.15) is 12.8 Å². The van der Waals surface area contributed by atoms with E-state index in [9.17, 15) is 4.39 Å². The zero-order valence-corrected chi connectivity index (χ0v) is 12.7. The van der Waals surface area contributed by atoms with Crippen molar-refractivity contribution >= 4 is 11.5 Å². The molecule has 0 saturated carbocycles. The Morgan fingerprint density at radius 2 is 2.09 bits per heavy atom. The molecule has 1 atom stereocenters. The molecule has 4 rings (SSSR count). The minimum absolute atomic E-state index is 0.206. The molecular weight excluding hydrogens is 293 g/mol. The van der Waals surface area contributed by atoms with Gasteiger partial charge in [-0.2, -0.15) is 0 Å². The van der Waals surface area contributed by atoms with Crippen molar-refractivity contribution in [2.75, 3.05) is 18.5 Å². The number of fused-ring (bicyclic) bond motifs is 1. The number of aromatic nitrogens is 2. The summed E-state index contributed by atoms with van der Waals surface area (Å²) in [5, 5.41) is 3.41. The SMILES string of the molecule is Fc1ccccc1-c1nc2ccccn2c1NC[C@@H]1CCCO1. The van der Waals surface area contributed by atoms with Crippen molar-refractivity contribution in [2.45, 2.75) is 18.9 Å². The van der Waals surface area contributed by atoms with Gasteiger partial charge in [-0.05, 0) is 37.1 Å². The third-order valence-corrected chi connectivity index (χ3v) is 4.18.